The van der Waals surface area contributed by atoms with Gasteiger partial charge in [-0.25, -0.2) is 0 Å². The first kappa shape index (κ1) is 19.0. The molecular formula is C20H23ClN2O2. The van der Waals surface area contributed by atoms with E-state index < -0.39 is 6.04 Å². The predicted molar refractivity (Wildman–Crippen MR) is 101 cm³/mol. The number of nitrogens with zero attached hydrogens (tertiary/aromatic N) is 1. The molecule has 4 nitrogen and oxygen atoms in total. The van der Waals surface area contributed by atoms with E-state index in [2.05, 4.69) is 5.32 Å². The fourth-order valence-electron chi connectivity index (χ4n) is 2.70. The van der Waals surface area contributed by atoms with Crippen molar-refractivity contribution < 1.29 is 9.59 Å². The van der Waals surface area contributed by atoms with Crippen LogP contribution in [0.1, 0.15) is 18.1 Å². The molecule has 2 aromatic rings. The second-order valence-corrected chi connectivity index (χ2v) is 6.36. The van der Waals surface area contributed by atoms with E-state index in [9.17, 15) is 9.59 Å². The van der Waals surface area contributed by atoms with Gasteiger partial charge in [0.1, 0.15) is 6.04 Å². The van der Waals surface area contributed by atoms with Crippen LogP contribution >= 0.6 is 11.6 Å². The number of rotatable bonds is 7. The van der Waals surface area contributed by atoms with Gasteiger partial charge in [-0.3, -0.25) is 9.59 Å². The highest BCUT2D eigenvalue weighted by atomic mass is 35.5. The van der Waals surface area contributed by atoms with Crippen LogP contribution in [0.4, 0.5) is 0 Å². The Bertz CT molecular complexity index is 719. The third kappa shape index (κ3) is 5.61. The monoisotopic (exact) mass is 358 g/mol. The molecule has 2 rings (SSSR count). The molecule has 2 aromatic carbocycles. The van der Waals surface area contributed by atoms with Gasteiger partial charge in [-0.1, -0.05) is 54.1 Å². The summed E-state index contributed by atoms with van der Waals surface area (Å²) < 4.78 is 0. The van der Waals surface area contributed by atoms with Gasteiger partial charge in [0, 0.05) is 18.6 Å². The third-order valence-electron chi connectivity index (χ3n) is 4.14. The summed E-state index contributed by atoms with van der Waals surface area (Å²) in [7, 11) is 1.58. The number of nitrogens with one attached hydrogen (secondary N) is 1. The van der Waals surface area contributed by atoms with Crippen molar-refractivity contribution in [3.63, 3.8) is 0 Å². The van der Waals surface area contributed by atoms with E-state index in [4.69, 9.17) is 11.6 Å². The molecule has 25 heavy (non-hydrogen) atoms. The average molecular weight is 359 g/mol. The van der Waals surface area contributed by atoms with Crippen LogP contribution in [0.5, 0.6) is 0 Å². The smallest absolute Gasteiger partial charge is 0.242 e. The molecule has 0 unspecified atom stereocenters. The van der Waals surface area contributed by atoms with Crippen molar-refractivity contribution in [1.82, 2.24) is 10.2 Å². The summed E-state index contributed by atoms with van der Waals surface area (Å²) in [6.07, 6.45) is 0.917. The number of hydrogen-bond donors (Lipinski definition) is 1. The lowest BCUT2D eigenvalue weighted by atomic mass is 10.1. The van der Waals surface area contributed by atoms with Crippen molar-refractivity contribution in [3.05, 3.63) is 70.7 Å². The van der Waals surface area contributed by atoms with Crippen molar-refractivity contribution in [2.75, 3.05) is 13.6 Å². The van der Waals surface area contributed by atoms with Crippen molar-refractivity contribution in [2.45, 2.75) is 25.8 Å². The molecule has 0 radical (unpaired) electrons. The second kappa shape index (κ2) is 9.23. The summed E-state index contributed by atoms with van der Waals surface area (Å²) in [5, 5.41) is 3.21. The van der Waals surface area contributed by atoms with E-state index in [1.54, 1.807) is 31.0 Å². The number of benzene rings is 2. The van der Waals surface area contributed by atoms with Crippen LogP contribution in [-0.2, 0) is 22.4 Å². The van der Waals surface area contributed by atoms with Crippen molar-refractivity contribution >= 4 is 23.4 Å². The minimum Gasteiger partial charge on any atom is -0.357 e. The molecule has 1 N–H and O–H groups in total. The fourth-order valence-corrected chi connectivity index (χ4v) is 2.91. The number of likely N-dealkylation sites (N-methyl/N-ethyl adjacent to an activating group) is 1. The van der Waals surface area contributed by atoms with Crippen LogP contribution in [0.15, 0.2) is 54.6 Å². The Morgan fingerprint density at radius 1 is 1.08 bits per heavy atom. The van der Waals surface area contributed by atoms with Gasteiger partial charge in [0.05, 0.1) is 6.42 Å². The SMILES string of the molecule is CNC(=O)[C@H](C)N(CCc1ccccc1)C(=O)Cc1cccc(Cl)c1. The van der Waals surface area contributed by atoms with E-state index in [0.717, 1.165) is 11.1 Å². The zero-order valence-electron chi connectivity index (χ0n) is 14.5. The Morgan fingerprint density at radius 3 is 2.40 bits per heavy atom. The van der Waals surface area contributed by atoms with Crippen molar-refractivity contribution in [3.8, 4) is 0 Å². The number of halogens is 1. The molecule has 132 valence electrons. The van der Waals surface area contributed by atoms with Crippen LogP contribution in [0.3, 0.4) is 0 Å². The van der Waals surface area contributed by atoms with E-state index in [0.29, 0.717) is 18.0 Å². The first-order valence-electron chi connectivity index (χ1n) is 8.30. The molecule has 2 amide bonds. The molecule has 0 saturated carbocycles. The maximum Gasteiger partial charge on any atom is 0.242 e. The zero-order valence-corrected chi connectivity index (χ0v) is 15.3. The van der Waals surface area contributed by atoms with Gasteiger partial charge in [-0.05, 0) is 36.6 Å². The van der Waals surface area contributed by atoms with Gasteiger partial charge in [-0.15, -0.1) is 0 Å². The Balaban J connectivity index is 2.12. The average Bonchev–Trinajstić information content (AvgIpc) is 2.62. The topological polar surface area (TPSA) is 49.4 Å². The lowest BCUT2D eigenvalue weighted by Crippen LogP contribution is -2.48. The minimum atomic E-state index is -0.527. The number of hydrogen-bond acceptors (Lipinski definition) is 2. The van der Waals surface area contributed by atoms with E-state index >= 15 is 0 Å². The fraction of sp³-hybridized carbons (Fsp3) is 0.300. The van der Waals surface area contributed by atoms with Gasteiger partial charge < -0.3 is 10.2 Å². The molecule has 0 heterocycles. The van der Waals surface area contributed by atoms with Gasteiger partial charge in [0.25, 0.3) is 0 Å². The molecule has 0 aliphatic heterocycles. The minimum absolute atomic E-state index is 0.0886. The number of carbonyl (C=O) groups excluding carboxylic acids is 2. The second-order valence-electron chi connectivity index (χ2n) is 5.92. The molecule has 0 aliphatic rings. The van der Waals surface area contributed by atoms with Crippen LogP contribution in [0.2, 0.25) is 5.02 Å². The first-order chi connectivity index (χ1) is 12.0. The molecule has 0 saturated heterocycles. The van der Waals surface area contributed by atoms with Crippen LogP contribution in [0, 0.1) is 0 Å². The Morgan fingerprint density at radius 2 is 1.76 bits per heavy atom. The molecule has 0 spiro atoms. The molecule has 0 bridgehead atoms. The third-order valence-corrected chi connectivity index (χ3v) is 4.38. The van der Waals surface area contributed by atoms with Crippen molar-refractivity contribution in [2.24, 2.45) is 0 Å². The highest BCUT2D eigenvalue weighted by molar-refractivity contribution is 6.30. The maximum atomic E-state index is 12.8. The van der Waals surface area contributed by atoms with Gasteiger partial charge in [-0.2, -0.15) is 0 Å². The summed E-state index contributed by atoms with van der Waals surface area (Å²) in [5.41, 5.74) is 1.97. The first-order valence-corrected chi connectivity index (χ1v) is 8.68. The van der Waals surface area contributed by atoms with Crippen LogP contribution < -0.4 is 5.32 Å². The maximum absolute atomic E-state index is 12.8. The molecular weight excluding hydrogens is 336 g/mol. The normalized spacial score (nSPS) is 11.6. The molecule has 5 heteroatoms. The summed E-state index contributed by atoms with van der Waals surface area (Å²) >= 11 is 6.00. The molecule has 1 atom stereocenters. The van der Waals surface area contributed by atoms with Crippen LogP contribution in [-0.4, -0.2) is 36.3 Å². The zero-order chi connectivity index (χ0) is 18.2. The molecule has 0 aliphatic carbocycles. The quantitative estimate of drug-likeness (QED) is 0.826. The van der Waals surface area contributed by atoms with E-state index in [1.807, 2.05) is 42.5 Å². The summed E-state index contributed by atoms with van der Waals surface area (Å²) in [6, 6.07) is 16.6. The highest BCUT2D eigenvalue weighted by Crippen LogP contribution is 2.14. The summed E-state index contributed by atoms with van der Waals surface area (Å²) in [4.78, 5) is 26.5. The Kier molecular flexibility index (Phi) is 7.02. The number of amides is 2. The molecule has 0 aromatic heterocycles. The standard InChI is InChI=1S/C20H23ClN2O2/c1-15(20(25)22-2)23(12-11-16-7-4-3-5-8-16)19(24)14-17-9-6-10-18(21)13-17/h3-10,13,15H,11-12,14H2,1-2H3,(H,22,25)/t15-/m0/s1. The predicted octanol–water partition coefficient (Wildman–Crippen LogP) is 3.09. The van der Waals surface area contributed by atoms with Gasteiger partial charge in [0.15, 0.2) is 0 Å². The van der Waals surface area contributed by atoms with Crippen molar-refractivity contribution in [1.29, 1.82) is 0 Å². The largest absolute Gasteiger partial charge is 0.357 e. The summed E-state index contributed by atoms with van der Waals surface area (Å²) in [5.74, 6) is -0.262. The highest BCUT2D eigenvalue weighted by Gasteiger charge is 2.25. The number of carbonyl (C=O) groups is 2. The van der Waals surface area contributed by atoms with Gasteiger partial charge >= 0.3 is 0 Å². The molecule has 0 fully saturated rings. The van der Waals surface area contributed by atoms with E-state index in [-0.39, 0.29) is 18.2 Å². The Labute approximate surface area is 153 Å². The lowest BCUT2D eigenvalue weighted by molar-refractivity contribution is -0.139. The summed E-state index contributed by atoms with van der Waals surface area (Å²) in [6.45, 7) is 2.23. The Hall–Kier alpha value is -2.33. The van der Waals surface area contributed by atoms with Crippen LogP contribution in [0.25, 0.3) is 0 Å². The van der Waals surface area contributed by atoms with E-state index in [1.165, 1.54) is 0 Å². The van der Waals surface area contributed by atoms with Gasteiger partial charge in [0.2, 0.25) is 11.8 Å². The lowest BCUT2D eigenvalue weighted by Gasteiger charge is -2.28.